The quantitative estimate of drug-likeness (QED) is 0.865. The van der Waals surface area contributed by atoms with E-state index < -0.39 is 12.7 Å². The molecule has 19 heavy (non-hydrogen) atoms. The summed E-state index contributed by atoms with van der Waals surface area (Å²) in [4.78, 5) is 5.18. The molecule has 0 aliphatic rings. The molecule has 1 N–H and O–H groups in total. The molecule has 0 atom stereocenters. The Morgan fingerprint density at radius 2 is 2.05 bits per heavy atom. The first-order valence-corrected chi connectivity index (χ1v) is 6.22. The third kappa shape index (κ3) is 5.92. The van der Waals surface area contributed by atoms with Crippen LogP contribution in [0, 0.1) is 5.92 Å². The molecule has 1 heterocycles. The van der Waals surface area contributed by atoms with Crippen molar-refractivity contribution in [2.75, 3.05) is 25.0 Å². The molecule has 0 bridgehead atoms. The highest BCUT2D eigenvalue weighted by molar-refractivity contribution is 5.46. The van der Waals surface area contributed by atoms with E-state index in [1.807, 2.05) is 0 Å². The van der Waals surface area contributed by atoms with Gasteiger partial charge in [-0.1, -0.05) is 19.9 Å². The summed E-state index contributed by atoms with van der Waals surface area (Å²) in [5.74, 6) is 0.865. The van der Waals surface area contributed by atoms with Crippen LogP contribution in [-0.2, 0) is 6.54 Å². The zero-order valence-corrected chi connectivity index (χ0v) is 11.5. The van der Waals surface area contributed by atoms with Crippen molar-refractivity contribution >= 4 is 5.82 Å². The fraction of sp³-hybridized carbons (Fsp3) is 0.615. The third-order valence-corrected chi connectivity index (χ3v) is 2.51. The Morgan fingerprint density at radius 3 is 2.63 bits per heavy atom. The lowest BCUT2D eigenvalue weighted by Crippen LogP contribution is -2.32. The van der Waals surface area contributed by atoms with E-state index in [9.17, 15) is 13.2 Å². The normalized spacial score (nSPS) is 11.9. The molecular formula is C13H20F3N3. The molecule has 0 unspecified atom stereocenters. The van der Waals surface area contributed by atoms with Crippen molar-refractivity contribution in [3.63, 3.8) is 0 Å². The second kappa shape index (κ2) is 6.75. The standard InChI is InChI=1S/C13H20F3N3/c1-10(2)7-17-8-11-5-4-6-18-12(11)19(3)9-13(14,15)16/h4-6,10,17H,7-9H2,1-3H3. The molecule has 0 fully saturated rings. The monoisotopic (exact) mass is 275 g/mol. The van der Waals surface area contributed by atoms with Gasteiger partial charge in [-0.25, -0.2) is 4.98 Å². The smallest absolute Gasteiger partial charge is 0.350 e. The van der Waals surface area contributed by atoms with E-state index in [1.54, 1.807) is 12.1 Å². The topological polar surface area (TPSA) is 28.2 Å². The average molecular weight is 275 g/mol. The summed E-state index contributed by atoms with van der Waals surface area (Å²) in [6, 6.07) is 3.53. The number of hydrogen-bond acceptors (Lipinski definition) is 3. The zero-order chi connectivity index (χ0) is 14.5. The van der Waals surface area contributed by atoms with Crippen LogP contribution < -0.4 is 10.2 Å². The summed E-state index contributed by atoms with van der Waals surface area (Å²) in [5.41, 5.74) is 0.773. The van der Waals surface area contributed by atoms with Gasteiger partial charge in [-0.05, 0) is 18.5 Å². The first kappa shape index (κ1) is 15.8. The molecule has 6 heteroatoms. The van der Waals surface area contributed by atoms with Crippen molar-refractivity contribution in [2.24, 2.45) is 5.92 Å². The maximum Gasteiger partial charge on any atom is 0.405 e. The van der Waals surface area contributed by atoms with Crippen LogP contribution in [0.2, 0.25) is 0 Å². The van der Waals surface area contributed by atoms with Crippen molar-refractivity contribution in [3.05, 3.63) is 23.9 Å². The van der Waals surface area contributed by atoms with E-state index in [4.69, 9.17) is 0 Å². The number of aromatic nitrogens is 1. The number of hydrogen-bond donors (Lipinski definition) is 1. The Labute approximate surface area is 111 Å². The molecule has 1 rings (SSSR count). The summed E-state index contributed by atoms with van der Waals surface area (Å²) in [7, 11) is 1.40. The van der Waals surface area contributed by atoms with Gasteiger partial charge in [-0.15, -0.1) is 0 Å². The number of anilines is 1. The van der Waals surface area contributed by atoms with Gasteiger partial charge in [-0.3, -0.25) is 0 Å². The van der Waals surface area contributed by atoms with E-state index in [1.165, 1.54) is 13.2 Å². The first-order chi connectivity index (χ1) is 8.79. The number of nitrogens with one attached hydrogen (secondary N) is 1. The van der Waals surface area contributed by atoms with Crippen LogP contribution in [0.4, 0.5) is 19.0 Å². The summed E-state index contributed by atoms with van der Waals surface area (Å²) in [6.45, 7) is 4.49. The Morgan fingerprint density at radius 1 is 1.37 bits per heavy atom. The van der Waals surface area contributed by atoms with Gasteiger partial charge >= 0.3 is 6.18 Å². The Kier molecular flexibility index (Phi) is 5.60. The molecule has 0 radical (unpaired) electrons. The van der Waals surface area contributed by atoms with Gasteiger partial charge < -0.3 is 10.2 Å². The van der Waals surface area contributed by atoms with E-state index in [-0.39, 0.29) is 0 Å². The average Bonchev–Trinajstić information content (AvgIpc) is 2.26. The number of pyridine rings is 1. The van der Waals surface area contributed by atoms with Crippen LogP contribution in [0.5, 0.6) is 0 Å². The SMILES string of the molecule is CC(C)CNCc1cccnc1N(C)CC(F)(F)F. The Hall–Kier alpha value is -1.30. The van der Waals surface area contributed by atoms with Gasteiger partial charge in [0.05, 0.1) is 0 Å². The van der Waals surface area contributed by atoms with Crippen LogP contribution in [0.25, 0.3) is 0 Å². The highest BCUT2D eigenvalue weighted by Crippen LogP contribution is 2.21. The van der Waals surface area contributed by atoms with E-state index >= 15 is 0 Å². The van der Waals surface area contributed by atoms with Gasteiger partial charge in [0.1, 0.15) is 12.4 Å². The van der Waals surface area contributed by atoms with Crippen molar-refractivity contribution in [2.45, 2.75) is 26.6 Å². The molecule has 1 aromatic rings. The van der Waals surface area contributed by atoms with Gasteiger partial charge in [0.15, 0.2) is 0 Å². The van der Waals surface area contributed by atoms with Crippen LogP contribution in [0.15, 0.2) is 18.3 Å². The zero-order valence-electron chi connectivity index (χ0n) is 11.5. The van der Waals surface area contributed by atoms with Crippen molar-refractivity contribution in [1.29, 1.82) is 0 Å². The highest BCUT2D eigenvalue weighted by Gasteiger charge is 2.30. The first-order valence-electron chi connectivity index (χ1n) is 6.22. The fourth-order valence-electron chi connectivity index (χ4n) is 1.75. The van der Waals surface area contributed by atoms with Crippen molar-refractivity contribution in [3.8, 4) is 0 Å². The molecule has 0 saturated carbocycles. The number of halogens is 3. The number of nitrogens with zero attached hydrogens (tertiary/aromatic N) is 2. The van der Waals surface area contributed by atoms with Crippen LogP contribution in [-0.4, -0.2) is 31.3 Å². The number of alkyl halides is 3. The molecule has 0 aliphatic carbocycles. The molecule has 1 aromatic heterocycles. The molecule has 108 valence electrons. The number of rotatable bonds is 6. The van der Waals surface area contributed by atoms with Crippen molar-refractivity contribution in [1.82, 2.24) is 10.3 Å². The summed E-state index contributed by atoms with van der Waals surface area (Å²) in [6.07, 6.45) is -2.72. The Balaban J connectivity index is 2.72. The van der Waals surface area contributed by atoms with Crippen LogP contribution in [0.3, 0.4) is 0 Å². The summed E-state index contributed by atoms with van der Waals surface area (Å²) < 4.78 is 37.2. The second-order valence-corrected chi connectivity index (χ2v) is 4.98. The van der Waals surface area contributed by atoms with Gasteiger partial charge in [0, 0.05) is 25.4 Å². The van der Waals surface area contributed by atoms with Gasteiger partial charge in [0.25, 0.3) is 0 Å². The van der Waals surface area contributed by atoms with E-state index in [2.05, 4.69) is 24.1 Å². The molecule has 0 amide bonds. The predicted molar refractivity (Wildman–Crippen MR) is 70.1 cm³/mol. The minimum absolute atomic E-state index is 0.371. The van der Waals surface area contributed by atoms with E-state index in [0.29, 0.717) is 18.3 Å². The highest BCUT2D eigenvalue weighted by atomic mass is 19.4. The third-order valence-electron chi connectivity index (χ3n) is 2.51. The molecule has 0 spiro atoms. The van der Waals surface area contributed by atoms with Gasteiger partial charge in [-0.2, -0.15) is 13.2 Å². The largest absolute Gasteiger partial charge is 0.405 e. The summed E-state index contributed by atoms with van der Waals surface area (Å²) >= 11 is 0. The van der Waals surface area contributed by atoms with Gasteiger partial charge in [0.2, 0.25) is 0 Å². The lowest BCUT2D eigenvalue weighted by Gasteiger charge is -2.22. The molecule has 0 aliphatic heterocycles. The molecule has 3 nitrogen and oxygen atoms in total. The molecule has 0 aromatic carbocycles. The Bertz CT molecular complexity index is 391. The lowest BCUT2D eigenvalue weighted by atomic mass is 10.2. The second-order valence-electron chi connectivity index (χ2n) is 4.98. The van der Waals surface area contributed by atoms with Crippen LogP contribution >= 0.6 is 0 Å². The van der Waals surface area contributed by atoms with Crippen LogP contribution in [0.1, 0.15) is 19.4 Å². The molecular weight excluding hydrogens is 255 g/mol. The predicted octanol–water partition coefficient (Wildman–Crippen LogP) is 2.83. The maximum atomic E-state index is 12.4. The minimum atomic E-state index is -4.23. The van der Waals surface area contributed by atoms with E-state index in [0.717, 1.165) is 17.0 Å². The lowest BCUT2D eigenvalue weighted by molar-refractivity contribution is -0.119. The molecule has 0 saturated heterocycles. The fourth-order valence-corrected chi connectivity index (χ4v) is 1.75. The maximum absolute atomic E-state index is 12.4. The minimum Gasteiger partial charge on any atom is -0.350 e. The summed E-state index contributed by atoms with van der Waals surface area (Å²) in [5, 5.41) is 3.21. The van der Waals surface area contributed by atoms with Crippen molar-refractivity contribution < 1.29 is 13.2 Å².